The summed E-state index contributed by atoms with van der Waals surface area (Å²) < 4.78 is 13.6. The van der Waals surface area contributed by atoms with E-state index >= 15 is 0 Å². The van der Waals surface area contributed by atoms with Crippen molar-refractivity contribution < 1.29 is 14.0 Å². The summed E-state index contributed by atoms with van der Waals surface area (Å²) in [7, 11) is 0. The van der Waals surface area contributed by atoms with E-state index in [1.54, 1.807) is 6.92 Å². The highest BCUT2D eigenvalue weighted by Crippen LogP contribution is 2.18. The van der Waals surface area contributed by atoms with Crippen molar-refractivity contribution in [1.82, 2.24) is 5.32 Å². The minimum atomic E-state index is -0.672. The number of amides is 2. The van der Waals surface area contributed by atoms with Crippen LogP contribution >= 0.6 is 0 Å². The van der Waals surface area contributed by atoms with E-state index in [0.29, 0.717) is 18.7 Å². The number of carbonyl (C=O) groups excluding carboxylic acids is 2. The van der Waals surface area contributed by atoms with E-state index in [4.69, 9.17) is 5.73 Å². The minimum Gasteiger partial charge on any atom is -0.366 e. The van der Waals surface area contributed by atoms with E-state index in [-0.39, 0.29) is 17.2 Å². The molecule has 0 unspecified atom stereocenters. The number of hydrogen-bond acceptors (Lipinski definition) is 3. The lowest BCUT2D eigenvalue weighted by atomic mass is 10.0. The molecule has 1 saturated heterocycles. The number of carbonyl (C=O) groups is 2. The van der Waals surface area contributed by atoms with Crippen LogP contribution in [0.4, 0.5) is 10.1 Å². The first-order valence-electron chi connectivity index (χ1n) is 5.79. The average molecular weight is 263 g/mol. The van der Waals surface area contributed by atoms with Crippen molar-refractivity contribution in [1.29, 1.82) is 0 Å². The molecule has 1 aromatic carbocycles. The molecule has 5 nitrogen and oxygen atoms in total. The molecule has 6 heteroatoms. The van der Waals surface area contributed by atoms with Crippen LogP contribution in [0.5, 0.6) is 0 Å². The smallest absolute Gasteiger partial charge is 0.251 e. The Balaban J connectivity index is 2.21. The standard InChI is InChI=1S/C13H14FN3O2/c1-7(9-5-16-6-9)13(19)17-11-4-8(12(15)18)2-3-10(11)14/h2-4,16H,5-6H2,1H3,(H2,15,18)(H,17,19). The molecular formula is C13H14FN3O2. The highest BCUT2D eigenvalue weighted by Gasteiger charge is 2.17. The monoisotopic (exact) mass is 263 g/mol. The molecule has 0 atom stereocenters. The molecule has 0 spiro atoms. The second-order valence-electron chi connectivity index (χ2n) is 4.35. The molecule has 19 heavy (non-hydrogen) atoms. The third kappa shape index (κ3) is 2.79. The third-order valence-electron chi connectivity index (χ3n) is 3.05. The summed E-state index contributed by atoms with van der Waals surface area (Å²) in [5.74, 6) is -1.66. The summed E-state index contributed by atoms with van der Waals surface area (Å²) in [4.78, 5) is 22.9. The van der Waals surface area contributed by atoms with Crippen LogP contribution in [-0.4, -0.2) is 24.9 Å². The van der Waals surface area contributed by atoms with Crippen LogP contribution in [0, 0.1) is 5.82 Å². The van der Waals surface area contributed by atoms with Crippen LogP contribution in [0.3, 0.4) is 0 Å². The number of anilines is 1. The van der Waals surface area contributed by atoms with Gasteiger partial charge in [-0.15, -0.1) is 0 Å². The quantitative estimate of drug-likeness (QED) is 0.705. The van der Waals surface area contributed by atoms with E-state index in [1.165, 1.54) is 12.1 Å². The van der Waals surface area contributed by atoms with Crippen molar-refractivity contribution in [2.24, 2.45) is 5.73 Å². The van der Waals surface area contributed by atoms with E-state index < -0.39 is 11.7 Å². The molecule has 2 amide bonds. The van der Waals surface area contributed by atoms with Crippen molar-refractivity contribution >= 4 is 17.5 Å². The molecule has 0 aliphatic carbocycles. The number of primary amides is 1. The van der Waals surface area contributed by atoms with Crippen LogP contribution in [0.1, 0.15) is 17.3 Å². The van der Waals surface area contributed by atoms with Gasteiger partial charge in [-0.25, -0.2) is 4.39 Å². The van der Waals surface area contributed by atoms with E-state index in [2.05, 4.69) is 10.6 Å². The van der Waals surface area contributed by atoms with Gasteiger partial charge in [0.25, 0.3) is 5.91 Å². The molecule has 4 N–H and O–H groups in total. The summed E-state index contributed by atoms with van der Waals surface area (Å²) in [6, 6.07) is 3.60. The summed E-state index contributed by atoms with van der Waals surface area (Å²) in [5, 5.41) is 5.47. The molecule has 1 aliphatic rings. The highest BCUT2D eigenvalue weighted by atomic mass is 19.1. The van der Waals surface area contributed by atoms with Crippen molar-refractivity contribution in [3.8, 4) is 0 Å². The van der Waals surface area contributed by atoms with Gasteiger partial charge < -0.3 is 16.4 Å². The Bertz CT molecular complexity index is 575. The summed E-state index contributed by atoms with van der Waals surface area (Å²) in [5.41, 5.74) is 6.76. The van der Waals surface area contributed by atoms with Crippen molar-refractivity contribution in [2.45, 2.75) is 6.92 Å². The summed E-state index contributed by atoms with van der Waals surface area (Å²) in [6.07, 6.45) is 0. The van der Waals surface area contributed by atoms with Crippen LogP contribution in [0.2, 0.25) is 0 Å². The Labute approximate surface area is 109 Å². The zero-order valence-corrected chi connectivity index (χ0v) is 10.4. The topological polar surface area (TPSA) is 84.2 Å². The Hall–Kier alpha value is -2.21. The van der Waals surface area contributed by atoms with Crippen molar-refractivity contribution in [2.75, 3.05) is 18.4 Å². The van der Waals surface area contributed by atoms with Crippen LogP contribution in [0.15, 0.2) is 29.3 Å². The lowest BCUT2D eigenvalue weighted by molar-refractivity contribution is -0.112. The average Bonchev–Trinajstić information content (AvgIpc) is 2.29. The molecule has 0 saturated carbocycles. The van der Waals surface area contributed by atoms with Gasteiger partial charge in [0.1, 0.15) is 5.82 Å². The van der Waals surface area contributed by atoms with Gasteiger partial charge in [-0.2, -0.15) is 0 Å². The first kappa shape index (κ1) is 13.2. The molecule has 0 bridgehead atoms. The van der Waals surface area contributed by atoms with Gasteiger partial charge in [-0.3, -0.25) is 9.59 Å². The number of hydrogen-bond donors (Lipinski definition) is 3. The van der Waals surface area contributed by atoms with Gasteiger partial charge >= 0.3 is 0 Å². The maximum Gasteiger partial charge on any atom is 0.251 e. The molecular weight excluding hydrogens is 249 g/mol. The Morgan fingerprint density at radius 3 is 2.58 bits per heavy atom. The molecule has 100 valence electrons. The van der Waals surface area contributed by atoms with Gasteiger partial charge in [0.05, 0.1) is 5.69 Å². The lowest BCUT2D eigenvalue weighted by Gasteiger charge is -2.21. The number of halogens is 1. The minimum absolute atomic E-state index is 0.0477. The maximum absolute atomic E-state index is 13.6. The predicted molar refractivity (Wildman–Crippen MR) is 69.1 cm³/mol. The number of rotatable bonds is 3. The van der Waals surface area contributed by atoms with Gasteiger partial charge in [0.15, 0.2) is 0 Å². The lowest BCUT2D eigenvalue weighted by Crippen LogP contribution is -2.36. The second kappa shape index (κ2) is 5.19. The molecule has 1 aromatic rings. The molecule has 1 aliphatic heterocycles. The molecule has 2 rings (SSSR count). The largest absolute Gasteiger partial charge is 0.366 e. The Kier molecular flexibility index (Phi) is 3.62. The second-order valence-corrected chi connectivity index (χ2v) is 4.35. The van der Waals surface area contributed by atoms with Gasteiger partial charge in [-0.05, 0) is 30.7 Å². The van der Waals surface area contributed by atoms with Crippen LogP contribution in [-0.2, 0) is 4.79 Å². The highest BCUT2D eigenvalue weighted by molar-refractivity contribution is 6.05. The molecule has 1 heterocycles. The van der Waals surface area contributed by atoms with Crippen molar-refractivity contribution in [3.05, 3.63) is 40.7 Å². The third-order valence-corrected chi connectivity index (χ3v) is 3.05. The molecule has 0 radical (unpaired) electrons. The predicted octanol–water partition coefficient (Wildman–Crippen LogP) is 0.783. The maximum atomic E-state index is 13.6. The zero-order valence-electron chi connectivity index (χ0n) is 10.4. The first-order chi connectivity index (χ1) is 8.99. The normalized spacial score (nSPS) is 13.7. The van der Waals surface area contributed by atoms with Crippen LogP contribution < -0.4 is 16.4 Å². The fraction of sp³-hybridized carbons (Fsp3) is 0.231. The fourth-order valence-corrected chi connectivity index (χ4v) is 1.67. The first-order valence-corrected chi connectivity index (χ1v) is 5.79. The van der Waals surface area contributed by atoms with Crippen molar-refractivity contribution in [3.63, 3.8) is 0 Å². The summed E-state index contributed by atoms with van der Waals surface area (Å²) >= 11 is 0. The number of nitrogens with one attached hydrogen (secondary N) is 2. The molecule has 1 fully saturated rings. The Morgan fingerprint density at radius 1 is 1.37 bits per heavy atom. The number of nitrogens with two attached hydrogens (primary N) is 1. The Morgan fingerprint density at radius 2 is 2.05 bits per heavy atom. The zero-order chi connectivity index (χ0) is 14.0. The van der Waals surface area contributed by atoms with E-state index in [1.807, 2.05) is 0 Å². The number of benzene rings is 1. The summed E-state index contributed by atoms with van der Waals surface area (Å²) in [6.45, 7) is 3.02. The molecule has 0 aromatic heterocycles. The SMILES string of the molecule is CC(C(=O)Nc1cc(C(N)=O)ccc1F)=C1CNC1. The van der Waals surface area contributed by atoms with Crippen LogP contribution in [0.25, 0.3) is 0 Å². The van der Waals surface area contributed by atoms with Gasteiger partial charge in [0.2, 0.25) is 5.91 Å². The van der Waals surface area contributed by atoms with Gasteiger partial charge in [-0.1, -0.05) is 0 Å². The van der Waals surface area contributed by atoms with E-state index in [9.17, 15) is 14.0 Å². The van der Waals surface area contributed by atoms with Gasteiger partial charge in [0, 0.05) is 24.2 Å². The van der Waals surface area contributed by atoms with E-state index in [0.717, 1.165) is 11.6 Å². The fourth-order valence-electron chi connectivity index (χ4n) is 1.67.